The largest absolute Gasteiger partial charge is 0.349 e. The van der Waals surface area contributed by atoms with E-state index in [2.05, 4.69) is 20.9 Å². The molecule has 16 heavy (non-hydrogen) atoms. The van der Waals surface area contributed by atoms with Gasteiger partial charge in [0, 0.05) is 27.3 Å². The molecule has 0 aliphatic heterocycles. The van der Waals surface area contributed by atoms with E-state index in [-0.39, 0.29) is 5.91 Å². The molecule has 0 spiro atoms. The highest BCUT2D eigenvalue weighted by Crippen LogP contribution is 2.25. The van der Waals surface area contributed by atoms with E-state index in [0.29, 0.717) is 6.54 Å². The Bertz CT molecular complexity index is 393. The highest BCUT2D eigenvalue weighted by Gasteiger charge is 2.13. The Balaban J connectivity index is 2.85. The predicted octanol–water partition coefficient (Wildman–Crippen LogP) is 1.68. The van der Waals surface area contributed by atoms with Crippen molar-refractivity contribution < 1.29 is 4.79 Å². The molecule has 0 saturated carbocycles. The lowest BCUT2D eigenvalue weighted by molar-refractivity contribution is -0.127. The van der Waals surface area contributed by atoms with Gasteiger partial charge < -0.3 is 9.80 Å². The standard InChI is InChI=1S/C11H16BrN3O/c1-8-5-6-13-11(10(8)12)15(4)7-9(16)14(2)3/h5-6H,7H2,1-4H3. The lowest BCUT2D eigenvalue weighted by atomic mass is 10.3. The lowest BCUT2D eigenvalue weighted by Gasteiger charge is -2.21. The molecule has 0 atom stereocenters. The summed E-state index contributed by atoms with van der Waals surface area (Å²) in [5, 5.41) is 0. The molecule has 0 radical (unpaired) electrons. The number of likely N-dealkylation sites (N-methyl/N-ethyl adjacent to an activating group) is 2. The molecule has 88 valence electrons. The van der Waals surface area contributed by atoms with Gasteiger partial charge >= 0.3 is 0 Å². The quantitative estimate of drug-likeness (QED) is 0.848. The van der Waals surface area contributed by atoms with Crippen LogP contribution in [-0.4, -0.2) is 43.5 Å². The number of aromatic nitrogens is 1. The number of pyridine rings is 1. The number of rotatable bonds is 3. The second-order valence-corrected chi connectivity index (χ2v) is 4.70. The summed E-state index contributed by atoms with van der Waals surface area (Å²) < 4.78 is 0.934. The Morgan fingerprint density at radius 1 is 1.44 bits per heavy atom. The minimum atomic E-state index is 0.0534. The third-order valence-corrected chi connectivity index (χ3v) is 3.28. The average Bonchev–Trinajstić information content (AvgIpc) is 2.21. The molecule has 5 heteroatoms. The maximum absolute atomic E-state index is 11.6. The summed E-state index contributed by atoms with van der Waals surface area (Å²) >= 11 is 3.48. The van der Waals surface area contributed by atoms with E-state index in [1.165, 1.54) is 0 Å². The average molecular weight is 286 g/mol. The fraction of sp³-hybridized carbons (Fsp3) is 0.455. The molecule has 0 aliphatic rings. The zero-order valence-corrected chi connectivity index (χ0v) is 11.6. The first-order valence-electron chi connectivity index (χ1n) is 4.96. The number of hydrogen-bond acceptors (Lipinski definition) is 3. The van der Waals surface area contributed by atoms with E-state index in [4.69, 9.17) is 0 Å². The van der Waals surface area contributed by atoms with Crippen LogP contribution < -0.4 is 4.90 Å². The minimum Gasteiger partial charge on any atom is -0.349 e. The zero-order valence-electron chi connectivity index (χ0n) is 9.99. The SMILES string of the molecule is Cc1ccnc(N(C)CC(=O)N(C)C)c1Br. The maximum Gasteiger partial charge on any atom is 0.241 e. The summed E-state index contributed by atoms with van der Waals surface area (Å²) in [6.07, 6.45) is 1.74. The van der Waals surface area contributed by atoms with Crippen molar-refractivity contribution in [1.82, 2.24) is 9.88 Å². The van der Waals surface area contributed by atoms with Gasteiger partial charge in [-0.1, -0.05) is 0 Å². The number of carbonyl (C=O) groups excluding carboxylic acids is 1. The van der Waals surface area contributed by atoms with Crippen molar-refractivity contribution in [2.45, 2.75) is 6.92 Å². The second-order valence-electron chi connectivity index (χ2n) is 3.91. The molecule has 0 saturated heterocycles. The molecule has 4 nitrogen and oxygen atoms in total. The Labute approximate surface area is 104 Å². The molecule has 1 heterocycles. The maximum atomic E-state index is 11.6. The van der Waals surface area contributed by atoms with Gasteiger partial charge in [0.25, 0.3) is 0 Å². The highest BCUT2D eigenvalue weighted by atomic mass is 79.9. The summed E-state index contributed by atoms with van der Waals surface area (Å²) in [7, 11) is 5.34. The van der Waals surface area contributed by atoms with Crippen LogP contribution in [0.3, 0.4) is 0 Å². The highest BCUT2D eigenvalue weighted by molar-refractivity contribution is 9.10. The number of carbonyl (C=O) groups is 1. The van der Waals surface area contributed by atoms with Gasteiger partial charge in [0.15, 0.2) is 0 Å². The lowest BCUT2D eigenvalue weighted by Crippen LogP contribution is -2.34. The number of hydrogen-bond donors (Lipinski definition) is 0. The van der Waals surface area contributed by atoms with E-state index in [9.17, 15) is 4.79 Å². The van der Waals surface area contributed by atoms with Crippen molar-refractivity contribution in [3.8, 4) is 0 Å². The van der Waals surface area contributed by atoms with Crippen LogP contribution in [0.25, 0.3) is 0 Å². The van der Waals surface area contributed by atoms with E-state index >= 15 is 0 Å². The smallest absolute Gasteiger partial charge is 0.241 e. The van der Waals surface area contributed by atoms with Crippen LogP contribution >= 0.6 is 15.9 Å². The molecule has 0 aromatic carbocycles. The Morgan fingerprint density at radius 2 is 2.06 bits per heavy atom. The predicted molar refractivity (Wildman–Crippen MR) is 68.6 cm³/mol. The molecule has 0 unspecified atom stereocenters. The van der Waals surface area contributed by atoms with Crippen LogP contribution in [0.1, 0.15) is 5.56 Å². The van der Waals surface area contributed by atoms with Crippen LogP contribution in [0.4, 0.5) is 5.82 Å². The van der Waals surface area contributed by atoms with Gasteiger partial charge in [-0.05, 0) is 34.5 Å². The Kier molecular flexibility index (Phi) is 4.29. The molecule has 1 aromatic heterocycles. The minimum absolute atomic E-state index is 0.0534. The Hall–Kier alpha value is -1.10. The molecule has 0 fully saturated rings. The normalized spacial score (nSPS) is 10.1. The number of halogens is 1. The van der Waals surface area contributed by atoms with Gasteiger partial charge in [-0.3, -0.25) is 4.79 Å². The molecule has 1 amide bonds. The summed E-state index contributed by atoms with van der Waals surface area (Å²) in [6.45, 7) is 2.32. The molecule has 0 aliphatic carbocycles. The van der Waals surface area contributed by atoms with Crippen molar-refractivity contribution in [3.05, 3.63) is 22.3 Å². The molecule has 0 N–H and O–H groups in total. The van der Waals surface area contributed by atoms with Crippen LogP contribution in [0.2, 0.25) is 0 Å². The van der Waals surface area contributed by atoms with Crippen molar-refractivity contribution in [1.29, 1.82) is 0 Å². The van der Waals surface area contributed by atoms with Crippen molar-refractivity contribution >= 4 is 27.7 Å². The zero-order chi connectivity index (χ0) is 12.3. The molecule has 0 bridgehead atoms. The van der Waals surface area contributed by atoms with Crippen LogP contribution in [0.15, 0.2) is 16.7 Å². The second kappa shape index (κ2) is 5.30. The van der Waals surface area contributed by atoms with E-state index in [1.807, 2.05) is 24.9 Å². The van der Waals surface area contributed by atoms with Gasteiger partial charge in [-0.2, -0.15) is 0 Å². The number of anilines is 1. The van der Waals surface area contributed by atoms with Crippen LogP contribution in [-0.2, 0) is 4.79 Å². The Morgan fingerprint density at radius 3 is 2.62 bits per heavy atom. The van der Waals surface area contributed by atoms with E-state index in [1.54, 1.807) is 25.2 Å². The summed E-state index contributed by atoms with van der Waals surface area (Å²) in [4.78, 5) is 19.2. The summed E-state index contributed by atoms with van der Waals surface area (Å²) in [5.41, 5.74) is 1.11. The number of amides is 1. The third kappa shape index (κ3) is 2.95. The van der Waals surface area contributed by atoms with Crippen molar-refractivity contribution in [2.24, 2.45) is 0 Å². The van der Waals surface area contributed by atoms with Gasteiger partial charge in [0.1, 0.15) is 5.82 Å². The molecular weight excluding hydrogens is 270 g/mol. The first kappa shape index (κ1) is 13.0. The van der Waals surface area contributed by atoms with Crippen molar-refractivity contribution in [3.63, 3.8) is 0 Å². The topological polar surface area (TPSA) is 36.4 Å². The third-order valence-electron chi connectivity index (χ3n) is 2.30. The summed E-state index contributed by atoms with van der Waals surface area (Å²) in [6, 6.07) is 1.93. The molecule has 1 rings (SSSR count). The summed E-state index contributed by atoms with van der Waals surface area (Å²) in [5.74, 6) is 0.841. The first-order valence-corrected chi connectivity index (χ1v) is 5.75. The molecular formula is C11H16BrN3O. The van der Waals surface area contributed by atoms with Gasteiger partial charge in [0.2, 0.25) is 5.91 Å². The van der Waals surface area contributed by atoms with Gasteiger partial charge in [0.05, 0.1) is 11.0 Å². The fourth-order valence-corrected chi connectivity index (χ4v) is 1.75. The molecule has 1 aromatic rings. The van der Waals surface area contributed by atoms with Crippen LogP contribution in [0.5, 0.6) is 0 Å². The van der Waals surface area contributed by atoms with Gasteiger partial charge in [-0.25, -0.2) is 4.98 Å². The fourth-order valence-electron chi connectivity index (χ4n) is 1.21. The number of aryl methyl sites for hydroxylation is 1. The first-order chi connectivity index (χ1) is 7.43. The van der Waals surface area contributed by atoms with Crippen LogP contribution in [0, 0.1) is 6.92 Å². The number of nitrogens with zero attached hydrogens (tertiary/aromatic N) is 3. The van der Waals surface area contributed by atoms with Gasteiger partial charge in [-0.15, -0.1) is 0 Å². The van der Waals surface area contributed by atoms with E-state index < -0.39 is 0 Å². The monoisotopic (exact) mass is 285 g/mol. The van der Waals surface area contributed by atoms with E-state index in [0.717, 1.165) is 15.9 Å². The van der Waals surface area contributed by atoms with Crippen molar-refractivity contribution in [2.75, 3.05) is 32.6 Å².